The Labute approximate surface area is 187 Å². The third-order valence-electron chi connectivity index (χ3n) is 5.37. The summed E-state index contributed by atoms with van der Waals surface area (Å²) >= 11 is 1.69. The Bertz CT molecular complexity index is 886. The minimum atomic E-state index is 0.839. The number of nitrogens with one attached hydrogen (secondary N) is 1. The van der Waals surface area contributed by atoms with Gasteiger partial charge >= 0.3 is 0 Å². The van der Waals surface area contributed by atoms with Crippen LogP contribution in [0.15, 0.2) is 48.5 Å². The van der Waals surface area contributed by atoms with E-state index in [1.54, 1.807) is 25.6 Å². The molecule has 1 aliphatic rings. The van der Waals surface area contributed by atoms with Crippen LogP contribution in [-0.2, 0) is 4.74 Å². The van der Waals surface area contributed by atoms with Gasteiger partial charge in [0, 0.05) is 25.2 Å². The molecular weight excluding hydrogens is 410 g/mol. The van der Waals surface area contributed by atoms with E-state index in [1.807, 2.05) is 24.3 Å². The first kappa shape index (κ1) is 21.6. The molecule has 164 valence electrons. The van der Waals surface area contributed by atoms with Crippen molar-refractivity contribution in [1.82, 2.24) is 9.88 Å². The molecule has 2 aromatic carbocycles. The van der Waals surface area contributed by atoms with Gasteiger partial charge in [-0.3, -0.25) is 4.90 Å². The zero-order valence-electron chi connectivity index (χ0n) is 18.1. The maximum atomic E-state index is 5.42. The van der Waals surface area contributed by atoms with Gasteiger partial charge in [-0.15, -0.1) is 0 Å². The lowest BCUT2D eigenvalue weighted by Crippen LogP contribution is -2.37. The van der Waals surface area contributed by atoms with Crippen LogP contribution in [-0.4, -0.2) is 63.5 Å². The number of benzene rings is 2. The molecule has 1 saturated heterocycles. The molecule has 0 spiro atoms. The molecule has 0 atom stereocenters. The van der Waals surface area contributed by atoms with Crippen molar-refractivity contribution in [2.24, 2.45) is 0 Å². The summed E-state index contributed by atoms with van der Waals surface area (Å²) in [5.74, 6) is 1.69. The SMILES string of the molecule is COc1ccc(-c2nc(NCCCN3CCOCC3)sc2-c2ccc(OC)cc2)cc1. The Morgan fingerprint density at radius 3 is 2.16 bits per heavy atom. The molecule has 0 bridgehead atoms. The summed E-state index contributed by atoms with van der Waals surface area (Å²) in [6.07, 6.45) is 1.08. The molecule has 3 aromatic rings. The van der Waals surface area contributed by atoms with Crippen LogP contribution >= 0.6 is 11.3 Å². The standard InChI is InChI=1S/C24H29N3O3S/c1-28-20-8-4-18(5-9-20)22-23(19-6-10-21(29-2)11-7-19)31-24(26-22)25-12-3-13-27-14-16-30-17-15-27/h4-11H,3,12-17H2,1-2H3,(H,25,26). The van der Waals surface area contributed by atoms with E-state index in [-0.39, 0.29) is 0 Å². The molecular formula is C24H29N3O3S. The van der Waals surface area contributed by atoms with Gasteiger partial charge in [0.1, 0.15) is 11.5 Å². The molecule has 0 aliphatic carbocycles. The van der Waals surface area contributed by atoms with Crippen molar-refractivity contribution >= 4 is 16.5 Å². The van der Waals surface area contributed by atoms with Crippen LogP contribution in [0.3, 0.4) is 0 Å². The number of ether oxygens (including phenoxy) is 3. The topological polar surface area (TPSA) is 55.9 Å². The summed E-state index contributed by atoms with van der Waals surface area (Å²) < 4.78 is 16.0. The predicted octanol–water partition coefficient (Wildman–Crippen LogP) is 4.63. The highest BCUT2D eigenvalue weighted by molar-refractivity contribution is 7.19. The van der Waals surface area contributed by atoms with Crippen LogP contribution in [0.1, 0.15) is 6.42 Å². The maximum absolute atomic E-state index is 5.42. The van der Waals surface area contributed by atoms with E-state index in [0.29, 0.717) is 0 Å². The first-order valence-electron chi connectivity index (χ1n) is 10.6. The Morgan fingerprint density at radius 2 is 1.55 bits per heavy atom. The van der Waals surface area contributed by atoms with E-state index in [1.165, 1.54) is 0 Å². The smallest absolute Gasteiger partial charge is 0.183 e. The highest BCUT2D eigenvalue weighted by Crippen LogP contribution is 2.39. The quantitative estimate of drug-likeness (QED) is 0.491. The van der Waals surface area contributed by atoms with Crippen LogP contribution < -0.4 is 14.8 Å². The highest BCUT2D eigenvalue weighted by Gasteiger charge is 2.16. The normalized spacial score (nSPS) is 14.4. The third-order valence-corrected chi connectivity index (χ3v) is 6.44. The van der Waals surface area contributed by atoms with Gasteiger partial charge in [0.05, 0.1) is 38.0 Å². The Hall–Kier alpha value is -2.61. The van der Waals surface area contributed by atoms with E-state index in [0.717, 1.165) is 84.1 Å². The van der Waals surface area contributed by atoms with Gasteiger partial charge in [-0.1, -0.05) is 11.3 Å². The average Bonchev–Trinajstić information content (AvgIpc) is 3.27. The first-order valence-corrected chi connectivity index (χ1v) is 11.4. The Morgan fingerprint density at radius 1 is 0.935 bits per heavy atom. The van der Waals surface area contributed by atoms with Gasteiger partial charge in [0.25, 0.3) is 0 Å². The lowest BCUT2D eigenvalue weighted by Gasteiger charge is -2.26. The van der Waals surface area contributed by atoms with Crippen LogP contribution in [0.5, 0.6) is 11.5 Å². The molecule has 4 rings (SSSR count). The number of morpholine rings is 1. The molecule has 0 amide bonds. The number of aromatic nitrogens is 1. The van der Waals surface area contributed by atoms with Crippen molar-refractivity contribution in [3.63, 3.8) is 0 Å². The van der Waals surface area contributed by atoms with Crippen molar-refractivity contribution in [1.29, 1.82) is 0 Å². The van der Waals surface area contributed by atoms with Gasteiger partial charge in [0.15, 0.2) is 5.13 Å². The molecule has 0 unspecified atom stereocenters. The summed E-state index contributed by atoms with van der Waals surface area (Å²) in [6, 6.07) is 16.2. The molecule has 0 radical (unpaired) electrons. The Kier molecular flexibility index (Phi) is 7.40. The van der Waals surface area contributed by atoms with Gasteiger partial charge in [0.2, 0.25) is 0 Å². The van der Waals surface area contributed by atoms with Crippen molar-refractivity contribution in [3.8, 4) is 33.2 Å². The van der Waals surface area contributed by atoms with Gasteiger partial charge < -0.3 is 19.5 Å². The fourth-order valence-electron chi connectivity index (χ4n) is 3.60. The van der Waals surface area contributed by atoms with Crippen LogP contribution in [0.4, 0.5) is 5.13 Å². The number of methoxy groups -OCH3 is 2. The first-order chi connectivity index (χ1) is 15.3. The van der Waals surface area contributed by atoms with E-state index < -0.39 is 0 Å². The summed E-state index contributed by atoms with van der Waals surface area (Å²) in [4.78, 5) is 8.54. The van der Waals surface area contributed by atoms with Crippen molar-refractivity contribution < 1.29 is 14.2 Å². The fraction of sp³-hybridized carbons (Fsp3) is 0.375. The largest absolute Gasteiger partial charge is 0.497 e. The monoisotopic (exact) mass is 439 g/mol. The zero-order valence-corrected chi connectivity index (χ0v) is 18.9. The number of hydrogen-bond acceptors (Lipinski definition) is 7. The molecule has 31 heavy (non-hydrogen) atoms. The van der Waals surface area contributed by atoms with Crippen molar-refractivity contribution in [2.75, 3.05) is 58.9 Å². The maximum Gasteiger partial charge on any atom is 0.183 e. The average molecular weight is 440 g/mol. The zero-order chi connectivity index (χ0) is 21.5. The van der Waals surface area contributed by atoms with E-state index in [4.69, 9.17) is 19.2 Å². The van der Waals surface area contributed by atoms with Gasteiger partial charge in [-0.25, -0.2) is 4.98 Å². The van der Waals surface area contributed by atoms with Crippen LogP contribution in [0.25, 0.3) is 21.7 Å². The third kappa shape index (κ3) is 5.55. The van der Waals surface area contributed by atoms with Crippen molar-refractivity contribution in [2.45, 2.75) is 6.42 Å². The molecule has 0 saturated carbocycles. The lowest BCUT2D eigenvalue weighted by atomic mass is 10.1. The van der Waals surface area contributed by atoms with E-state index in [9.17, 15) is 0 Å². The molecule has 7 heteroatoms. The van der Waals surface area contributed by atoms with Gasteiger partial charge in [-0.2, -0.15) is 0 Å². The second-order valence-electron chi connectivity index (χ2n) is 7.39. The van der Waals surface area contributed by atoms with E-state index >= 15 is 0 Å². The van der Waals surface area contributed by atoms with E-state index in [2.05, 4.69) is 34.5 Å². The minimum Gasteiger partial charge on any atom is -0.497 e. The number of anilines is 1. The van der Waals surface area contributed by atoms with Crippen LogP contribution in [0, 0.1) is 0 Å². The molecule has 6 nitrogen and oxygen atoms in total. The molecule has 1 fully saturated rings. The molecule has 2 heterocycles. The molecule has 1 aliphatic heterocycles. The molecule has 1 aromatic heterocycles. The Balaban J connectivity index is 1.51. The van der Waals surface area contributed by atoms with Gasteiger partial charge in [-0.05, 0) is 67.1 Å². The minimum absolute atomic E-state index is 0.839. The summed E-state index contributed by atoms with van der Waals surface area (Å²) in [5, 5.41) is 4.47. The summed E-state index contributed by atoms with van der Waals surface area (Å²) in [7, 11) is 3.36. The summed E-state index contributed by atoms with van der Waals surface area (Å²) in [5.41, 5.74) is 3.18. The molecule has 1 N–H and O–H groups in total. The number of hydrogen-bond donors (Lipinski definition) is 1. The second kappa shape index (κ2) is 10.6. The number of rotatable bonds is 9. The lowest BCUT2D eigenvalue weighted by molar-refractivity contribution is 0.0378. The predicted molar refractivity (Wildman–Crippen MR) is 126 cm³/mol. The second-order valence-corrected chi connectivity index (χ2v) is 8.39. The number of nitrogens with zero attached hydrogens (tertiary/aromatic N) is 2. The highest BCUT2D eigenvalue weighted by atomic mass is 32.1. The summed E-state index contributed by atoms with van der Waals surface area (Å²) in [6.45, 7) is 5.72. The number of thiazole rings is 1. The van der Waals surface area contributed by atoms with Crippen molar-refractivity contribution in [3.05, 3.63) is 48.5 Å². The van der Waals surface area contributed by atoms with Crippen LogP contribution in [0.2, 0.25) is 0 Å². The fourth-order valence-corrected chi connectivity index (χ4v) is 4.62.